The number of hydrogen-bond donors (Lipinski definition) is 1. The average molecular weight is 257 g/mol. The third-order valence-electron chi connectivity index (χ3n) is 1.35. The Morgan fingerprint density at radius 2 is 1.73 bits per heavy atom. The number of anilines is 1. The van der Waals surface area contributed by atoms with Crippen molar-refractivity contribution in [1.29, 1.82) is 0 Å². The molecule has 0 fully saturated rings. The largest absolute Gasteiger partial charge is 1.00 e. The number of nitrogens with one attached hydrogen (secondary N) is 1. The van der Waals surface area contributed by atoms with Crippen LogP contribution in [0.4, 0.5) is 5.69 Å². The summed E-state index contributed by atoms with van der Waals surface area (Å²) in [6.07, 6.45) is 1.02. The van der Waals surface area contributed by atoms with Gasteiger partial charge >= 0.3 is 29.6 Å². The van der Waals surface area contributed by atoms with Crippen LogP contribution in [0.2, 0.25) is 0 Å². The van der Waals surface area contributed by atoms with Crippen LogP contribution >= 0.6 is 0 Å². The van der Waals surface area contributed by atoms with E-state index in [0.717, 1.165) is 6.26 Å². The van der Waals surface area contributed by atoms with E-state index in [0.29, 0.717) is 5.69 Å². The molecule has 0 saturated heterocycles. The molecule has 0 spiro atoms. The second kappa shape index (κ2) is 5.97. The van der Waals surface area contributed by atoms with Crippen LogP contribution in [0.3, 0.4) is 0 Å². The zero-order valence-electron chi connectivity index (χ0n) is 8.26. The SMILES string of the molecule is CS(=O)(=O)Nc1ccc(S(=O)[O-])cc1.[Na+]. The van der Waals surface area contributed by atoms with Crippen molar-refractivity contribution in [1.82, 2.24) is 0 Å². The Labute approximate surface area is 113 Å². The van der Waals surface area contributed by atoms with Gasteiger partial charge in [0.15, 0.2) is 0 Å². The molecule has 1 unspecified atom stereocenters. The molecule has 0 amide bonds. The van der Waals surface area contributed by atoms with E-state index in [4.69, 9.17) is 0 Å². The summed E-state index contributed by atoms with van der Waals surface area (Å²) in [5.41, 5.74) is 0.335. The molecule has 1 atom stereocenters. The van der Waals surface area contributed by atoms with Crippen LogP contribution in [0, 0.1) is 0 Å². The molecule has 0 saturated carbocycles. The molecule has 1 N–H and O–H groups in total. The van der Waals surface area contributed by atoms with E-state index in [1.54, 1.807) is 0 Å². The van der Waals surface area contributed by atoms with Crippen LogP contribution in [0.25, 0.3) is 0 Å². The molecule has 78 valence electrons. The van der Waals surface area contributed by atoms with Crippen molar-refractivity contribution in [3.05, 3.63) is 24.3 Å². The van der Waals surface area contributed by atoms with Crippen molar-refractivity contribution < 1.29 is 46.7 Å². The Morgan fingerprint density at radius 1 is 1.27 bits per heavy atom. The maximum atomic E-state index is 10.8. The van der Waals surface area contributed by atoms with Crippen molar-refractivity contribution >= 4 is 26.8 Å². The zero-order chi connectivity index (χ0) is 10.8. The van der Waals surface area contributed by atoms with Crippen LogP contribution in [0.15, 0.2) is 29.2 Å². The van der Waals surface area contributed by atoms with Crippen molar-refractivity contribution in [2.75, 3.05) is 11.0 Å². The Morgan fingerprint density at radius 3 is 2.07 bits per heavy atom. The summed E-state index contributed by atoms with van der Waals surface area (Å²) >= 11 is -2.29. The summed E-state index contributed by atoms with van der Waals surface area (Å²) in [4.78, 5) is 0.115. The van der Waals surface area contributed by atoms with E-state index in [1.165, 1.54) is 24.3 Å². The van der Waals surface area contributed by atoms with Gasteiger partial charge < -0.3 is 4.55 Å². The first-order valence-electron chi connectivity index (χ1n) is 3.55. The molecule has 0 aliphatic carbocycles. The topological polar surface area (TPSA) is 86.3 Å². The van der Waals surface area contributed by atoms with Crippen molar-refractivity contribution in [2.45, 2.75) is 4.90 Å². The van der Waals surface area contributed by atoms with Gasteiger partial charge in [0.1, 0.15) is 0 Å². The van der Waals surface area contributed by atoms with Crippen molar-refractivity contribution in [3.63, 3.8) is 0 Å². The van der Waals surface area contributed by atoms with Gasteiger partial charge in [0.2, 0.25) is 10.0 Å². The van der Waals surface area contributed by atoms with Gasteiger partial charge in [-0.3, -0.25) is 8.93 Å². The maximum Gasteiger partial charge on any atom is 1.00 e. The molecule has 1 aromatic rings. The summed E-state index contributed by atoms with van der Waals surface area (Å²) < 4.78 is 44.7. The van der Waals surface area contributed by atoms with Crippen LogP contribution in [0.1, 0.15) is 0 Å². The Bertz CT molecular complexity index is 443. The van der Waals surface area contributed by atoms with Gasteiger partial charge in [0.25, 0.3) is 0 Å². The Hall–Kier alpha value is 0.0800. The summed E-state index contributed by atoms with van der Waals surface area (Å²) in [5, 5.41) is 0. The summed E-state index contributed by atoms with van der Waals surface area (Å²) in [5.74, 6) is 0. The molecule has 1 rings (SSSR count). The minimum atomic E-state index is -3.31. The maximum absolute atomic E-state index is 10.8. The van der Waals surface area contributed by atoms with E-state index in [1.807, 2.05) is 0 Å². The molecule has 15 heavy (non-hydrogen) atoms. The molecule has 0 heterocycles. The summed E-state index contributed by atoms with van der Waals surface area (Å²) in [7, 11) is -3.31. The number of rotatable bonds is 3. The molecule has 5 nitrogen and oxygen atoms in total. The number of hydrogen-bond acceptors (Lipinski definition) is 4. The fourth-order valence-corrected chi connectivity index (χ4v) is 1.77. The average Bonchev–Trinajstić information content (AvgIpc) is 2.02. The Balaban J connectivity index is 0.00000196. The third-order valence-corrected chi connectivity index (χ3v) is 2.61. The predicted octanol–water partition coefficient (Wildman–Crippen LogP) is -2.70. The monoisotopic (exact) mass is 257 g/mol. The van der Waals surface area contributed by atoms with E-state index in [9.17, 15) is 17.2 Å². The molecule has 1 aromatic carbocycles. The van der Waals surface area contributed by atoms with Gasteiger partial charge in [-0.15, -0.1) is 0 Å². The standard InChI is InChI=1S/C7H9NO4S2.Na/c1-14(11,12)8-6-2-4-7(5-3-6)13(9)10;/h2-5,8H,1H3,(H,9,10);/q;+1/p-1. The van der Waals surface area contributed by atoms with Gasteiger partial charge in [0, 0.05) is 10.6 Å². The van der Waals surface area contributed by atoms with Gasteiger partial charge in [-0.05, 0) is 35.3 Å². The molecule has 0 aliphatic heterocycles. The number of benzene rings is 1. The quantitative estimate of drug-likeness (QED) is 0.471. The minimum absolute atomic E-state index is 0. The molecule has 0 aromatic heterocycles. The van der Waals surface area contributed by atoms with Crippen LogP contribution < -0.4 is 34.3 Å². The molecule has 0 aliphatic rings. The van der Waals surface area contributed by atoms with Crippen molar-refractivity contribution in [2.24, 2.45) is 0 Å². The molecule has 8 heteroatoms. The number of sulfonamides is 1. The third kappa shape index (κ3) is 5.64. The first kappa shape index (κ1) is 15.1. The normalized spacial score (nSPS) is 12.7. The van der Waals surface area contributed by atoms with Crippen LogP contribution in [-0.4, -0.2) is 23.4 Å². The second-order valence-electron chi connectivity index (χ2n) is 2.63. The van der Waals surface area contributed by atoms with Gasteiger partial charge in [-0.2, -0.15) is 0 Å². The summed E-state index contributed by atoms with van der Waals surface area (Å²) in [6.45, 7) is 0. The van der Waals surface area contributed by atoms with Gasteiger partial charge in [0.05, 0.1) is 6.26 Å². The van der Waals surface area contributed by atoms with E-state index >= 15 is 0 Å². The van der Waals surface area contributed by atoms with Crippen LogP contribution in [-0.2, 0) is 21.1 Å². The molecule has 0 radical (unpaired) electrons. The van der Waals surface area contributed by atoms with E-state index < -0.39 is 21.1 Å². The summed E-state index contributed by atoms with van der Waals surface area (Å²) in [6, 6.07) is 5.39. The van der Waals surface area contributed by atoms with Crippen LogP contribution in [0.5, 0.6) is 0 Å². The predicted molar refractivity (Wildman–Crippen MR) is 52.1 cm³/mol. The fraction of sp³-hybridized carbons (Fsp3) is 0.143. The Kier molecular flexibility index (Phi) is 6.01. The van der Waals surface area contributed by atoms with Gasteiger partial charge in [-0.1, -0.05) is 0 Å². The first-order valence-corrected chi connectivity index (χ1v) is 6.52. The smallest absolute Gasteiger partial charge is 0.768 e. The fourth-order valence-electron chi connectivity index (χ4n) is 0.848. The minimum Gasteiger partial charge on any atom is -0.768 e. The molecular formula is C7H8NNaO4S2. The van der Waals surface area contributed by atoms with E-state index in [-0.39, 0.29) is 34.5 Å². The molecular weight excluding hydrogens is 249 g/mol. The zero-order valence-corrected chi connectivity index (χ0v) is 11.9. The first-order chi connectivity index (χ1) is 6.38. The van der Waals surface area contributed by atoms with Gasteiger partial charge in [-0.25, -0.2) is 8.42 Å². The van der Waals surface area contributed by atoms with E-state index in [2.05, 4.69) is 4.72 Å². The van der Waals surface area contributed by atoms with Crippen molar-refractivity contribution in [3.8, 4) is 0 Å². The molecule has 0 bridgehead atoms. The second-order valence-corrected chi connectivity index (χ2v) is 5.32.